The number of hydrogen-bond donors (Lipinski definition) is 3. The van der Waals surface area contributed by atoms with Crippen LogP contribution in [0.4, 0.5) is 0 Å². The monoisotopic (exact) mass is 1090 g/mol. The largest absolute Gasteiger partial charge is 0.472 e. The lowest BCUT2D eigenvalue weighted by Gasteiger charge is -2.25. The van der Waals surface area contributed by atoms with Crippen molar-refractivity contribution in [1.29, 1.82) is 0 Å². The third kappa shape index (κ3) is 59.9. The molecule has 0 aromatic heterocycles. The number of aliphatic hydroxyl groups excluding tert-OH is 1. The van der Waals surface area contributed by atoms with Gasteiger partial charge in [-0.1, -0.05) is 286 Å². The molecule has 0 aliphatic carbocycles. The molecule has 3 N–H and O–H groups in total. The van der Waals surface area contributed by atoms with Gasteiger partial charge in [0.1, 0.15) is 13.2 Å². The first-order chi connectivity index (χ1) is 37.0. The van der Waals surface area contributed by atoms with Gasteiger partial charge >= 0.3 is 7.82 Å². The Balaban J connectivity index is 3.96. The van der Waals surface area contributed by atoms with E-state index in [-0.39, 0.29) is 19.1 Å². The lowest BCUT2D eigenvalue weighted by molar-refractivity contribution is -0.870. The molecule has 8 nitrogen and oxygen atoms in total. The fraction of sp³-hybridized carbons (Fsp3) is 0.836. The summed E-state index contributed by atoms with van der Waals surface area (Å²) < 4.78 is 23.7. The summed E-state index contributed by atoms with van der Waals surface area (Å²) >= 11 is 0. The van der Waals surface area contributed by atoms with E-state index >= 15 is 0 Å². The number of phosphoric acid groups is 1. The van der Waals surface area contributed by atoms with Gasteiger partial charge in [-0.2, -0.15) is 0 Å². The van der Waals surface area contributed by atoms with Gasteiger partial charge in [-0.25, -0.2) is 4.57 Å². The zero-order valence-corrected chi connectivity index (χ0v) is 51.9. The number of quaternary nitrogens is 1. The molecular weight excluding hydrogens is 960 g/mol. The summed E-state index contributed by atoms with van der Waals surface area (Å²) in [5.41, 5.74) is 0. The third-order valence-electron chi connectivity index (χ3n) is 14.7. The van der Waals surface area contributed by atoms with Gasteiger partial charge < -0.3 is 19.8 Å². The maximum atomic E-state index is 13.0. The van der Waals surface area contributed by atoms with Gasteiger partial charge in [-0.3, -0.25) is 13.8 Å². The number of phosphoric ester groups is 1. The maximum Gasteiger partial charge on any atom is 0.472 e. The molecule has 0 aromatic rings. The summed E-state index contributed by atoms with van der Waals surface area (Å²) in [6, 6.07) is -0.871. The molecule has 0 saturated carbocycles. The highest BCUT2D eigenvalue weighted by Gasteiger charge is 2.27. The minimum Gasteiger partial charge on any atom is -0.387 e. The van der Waals surface area contributed by atoms with Crippen LogP contribution in [0.2, 0.25) is 0 Å². The molecule has 76 heavy (non-hydrogen) atoms. The summed E-state index contributed by atoms with van der Waals surface area (Å²) in [7, 11) is 1.55. The van der Waals surface area contributed by atoms with Crippen molar-refractivity contribution in [3.8, 4) is 0 Å². The van der Waals surface area contributed by atoms with Crippen LogP contribution in [-0.4, -0.2) is 73.4 Å². The minimum atomic E-state index is -4.36. The molecule has 446 valence electrons. The number of carbonyl (C=O) groups excluding carboxylic acids is 1. The van der Waals surface area contributed by atoms with Crippen LogP contribution < -0.4 is 5.32 Å². The summed E-state index contributed by atoms with van der Waals surface area (Å²) in [5.74, 6) is -0.189. The molecule has 0 heterocycles. The smallest absolute Gasteiger partial charge is 0.387 e. The number of allylic oxidation sites excluding steroid dienone is 9. The molecule has 0 saturated heterocycles. The van der Waals surface area contributed by atoms with Gasteiger partial charge in [0.05, 0.1) is 39.9 Å². The number of amides is 1. The Labute approximate surface area is 472 Å². The molecule has 0 radical (unpaired) electrons. The first-order valence-corrected chi connectivity index (χ1v) is 34.2. The summed E-state index contributed by atoms with van der Waals surface area (Å²) in [6.45, 7) is 4.79. The van der Waals surface area contributed by atoms with Crippen LogP contribution in [-0.2, 0) is 18.4 Å². The molecule has 0 fully saturated rings. The van der Waals surface area contributed by atoms with Gasteiger partial charge in [0.15, 0.2) is 0 Å². The van der Waals surface area contributed by atoms with E-state index in [0.29, 0.717) is 17.4 Å². The van der Waals surface area contributed by atoms with Gasteiger partial charge in [-0.05, 0) is 77.0 Å². The van der Waals surface area contributed by atoms with Crippen molar-refractivity contribution in [2.24, 2.45) is 0 Å². The van der Waals surface area contributed by atoms with Gasteiger partial charge in [0.25, 0.3) is 0 Å². The van der Waals surface area contributed by atoms with E-state index in [0.717, 1.165) is 51.4 Å². The van der Waals surface area contributed by atoms with Crippen molar-refractivity contribution in [3.05, 3.63) is 60.8 Å². The SMILES string of the molecule is CCCCCCC/C=C/CC/C=C/CC/C=C/C(O)C(COP(=O)(O)OCC[N+](C)(C)C)NC(=O)CCCCCCCCCCCCCCCCCCC/C=C\C/C=C\CCCCCCCCCCCCCCCCC. The van der Waals surface area contributed by atoms with Crippen LogP contribution in [0.3, 0.4) is 0 Å². The lowest BCUT2D eigenvalue weighted by Crippen LogP contribution is -2.45. The van der Waals surface area contributed by atoms with Gasteiger partial charge in [-0.15, -0.1) is 0 Å². The predicted molar refractivity (Wildman–Crippen MR) is 332 cm³/mol. The van der Waals surface area contributed by atoms with Crippen molar-refractivity contribution in [2.75, 3.05) is 40.9 Å². The third-order valence-corrected chi connectivity index (χ3v) is 15.7. The molecule has 9 heteroatoms. The molecule has 0 aliphatic rings. The molecule has 1 amide bonds. The molecule has 0 bridgehead atoms. The van der Waals surface area contributed by atoms with Crippen LogP contribution in [0.15, 0.2) is 60.8 Å². The summed E-state index contributed by atoms with van der Waals surface area (Å²) in [6.07, 6.45) is 79.5. The van der Waals surface area contributed by atoms with E-state index in [9.17, 15) is 19.4 Å². The van der Waals surface area contributed by atoms with Crippen molar-refractivity contribution in [1.82, 2.24) is 5.32 Å². The number of likely N-dealkylation sites (N-methyl/N-ethyl adjacent to an activating group) is 1. The van der Waals surface area contributed by atoms with Gasteiger partial charge in [0.2, 0.25) is 5.91 Å². The van der Waals surface area contributed by atoms with Crippen LogP contribution in [0, 0.1) is 0 Å². The van der Waals surface area contributed by atoms with Crippen molar-refractivity contribution >= 4 is 13.7 Å². The molecule has 0 rings (SSSR count). The van der Waals surface area contributed by atoms with Crippen molar-refractivity contribution in [2.45, 2.75) is 321 Å². The molecule has 3 atom stereocenters. The number of nitrogens with zero attached hydrogens (tertiary/aromatic N) is 1. The second kappa shape index (κ2) is 57.9. The topological polar surface area (TPSA) is 105 Å². The highest BCUT2D eigenvalue weighted by Crippen LogP contribution is 2.43. The quantitative estimate of drug-likeness (QED) is 0.0243. The summed E-state index contributed by atoms with van der Waals surface area (Å²) in [4.78, 5) is 23.3. The second-order valence-electron chi connectivity index (χ2n) is 23.5. The van der Waals surface area contributed by atoms with E-state index in [4.69, 9.17) is 9.05 Å². The zero-order valence-electron chi connectivity index (χ0n) is 51.0. The van der Waals surface area contributed by atoms with Crippen LogP contribution in [0.1, 0.15) is 309 Å². The van der Waals surface area contributed by atoms with Gasteiger partial charge in [0, 0.05) is 6.42 Å². The Hall–Kier alpha value is -1.80. The van der Waals surface area contributed by atoms with E-state index in [1.54, 1.807) is 6.08 Å². The molecular formula is C67H128N2O6P+. The number of rotatable bonds is 60. The standard InChI is InChI=1S/C67H127N2O6P/c1-6-8-10-12-14-16-18-20-22-23-24-25-26-27-28-29-30-31-32-33-34-35-36-37-38-39-40-41-42-43-44-45-47-49-51-53-55-57-59-61-67(71)68-65(64-75-76(72,73)74-63-62-69(3,4)5)66(70)60-58-56-54-52-50-48-46-21-19-17-15-13-11-9-7-2/h19,21,30-31,33-34,50,52,58,60,65-66,70H,6-18,20,22-29,32,35-49,51,53-57,59,61-64H2,1-5H3,(H-,68,71,72,73)/p+1/b21-19+,31-30-,34-33-,52-50+,60-58+. The van der Waals surface area contributed by atoms with E-state index in [1.807, 2.05) is 27.2 Å². The number of nitrogens with one attached hydrogen (secondary N) is 1. The lowest BCUT2D eigenvalue weighted by atomic mass is 10.0. The van der Waals surface area contributed by atoms with E-state index in [1.165, 1.54) is 238 Å². The van der Waals surface area contributed by atoms with Crippen LogP contribution in [0.25, 0.3) is 0 Å². The van der Waals surface area contributed by atoms with Crippen LogP contribution >= 0.6 is 7.82 Å². The molecule has 3 unspecified atom stereocenters. The first kappa shape index (κ1) is 74.2. The Morgan fingerprint density at radius 3 is 1.13 bits per heavy atom. The second-order valence-corrected chi connectivity index (χ2v) is 24.9. The number of aliphatic hydroxyl groups is 1. The fourth-order valence-electron chi connectivity index (χ4n) is 9.58. The molecule has 0 aromatic carbocycles. The van der Waals surface area contributed by atoms with Crippen LogP contribution in [0.5, 0.6) is 0 Å². The Morgan fingerprint density at radius 1 is 0.447 bits per heavy atom. The number of carbonyl (C=O) groups is 1. The summed E-state index contributed by atoms with van der Waals surface area (Å²) in [5, 5.41) is 13.9. The zero-order chi connectivity index (χ0) is 55.6. The van der Waals surface area contributed by atoms with Crippen molar-refractivity contribution in [3.63, 3.8) is 0 Å². The Kier molecular flexibility index (Phi) is 56.5. The number of unbranched alkanes of at least 4 members (excludes halogenated alkanes) is 39. The van der Waals surface area contributed by atoms with E-state index < -0.39 is 20.0 Å². The fourth-order valence-corrected chi connectivity index (χ4v) is 10.3. The highest BCUT2D eigenvalue weighted by atomic mass is 31.2. The minimum absolute atomic E-state index is 0.0528. The average Bonchev–Trinajstić information content (AvgIpc) is 3.38. The normalized spacial score (nSPS) is 14.1. The Morgan fingerprint density at radius 2 is 0.763 bits per heavy atom. The Bertz CT molecular complexity index is 1420. The average molecular weight is 1090 g/mol. The maximum absolute atomic E-state index is 13.0. The first-order valence-electron chi connectivity index (χ1n) is 32.7. The number of hydrogen-bond acceptors (Lipinski definition) is 5. The molecule has 0 aliphatic heterocycles. The highest BCUT2D eigenvalue weighted by molar-refractivity contribution is 7.47. The van der Waals surface area contributed by atoms with Crippen molar-refractivity contribution < 1.29 is 32.9 Å². The molecule has 0 spiro atoms. The van der Waals surface area contributed by atoms with E-state index in [2.05, 4.69) is 67.8 Å². The predicted octanol–water partition coefficient (Wildman–Crippen LogP) is 20.4.